The first-order chi connectivity index (χ1) is 19.4. The molecule has 0 aromatic heterocycles. The molecule has 0 unspecified atom stereocenters. The Balaban J connectivity index is 0.00000129. The van der Waals surface area contributed by atoms with E-state index < -0.39 is 33.9 Å². The number of carbonyl (C=O) groups excluding carboxylic acids is 1. The van der Waals surface area contributed by atoms with E-state index in [2.05, 4.69) is 19.1 Å². The van der Waals surface area contributed by atoms with Crippen molar-refractivity contribution in [3.63, 3.8) is 0 Å². The smallest absolute Gasteiger partial charge is 0.463 e. The number of allylic oxidation sites excluding steroid dienone is 2. The first-order valence-corrected chi connectivity index (χ1v) is 17.1. The lowest BCUT2D eigenvalue weighted by molar-refractivity contribution is -0.151. The minimum absolute atomic E-state index is 0.0221. The van der Waals surface area contributed by atoms with Crippen LogP contribution in [-0.2, 0) is 27.5 Å². The Morgan fingerprint density at radius 3 is 1.80 bits per heavy atom. The van der Waals surface area contributed by atoms with Crippen LogP contribution in [0.4, 0.5) is 0 Å². The van der Waals surface area contributed by atoms with E-state index >= 15 is 0 Å². The van der Waals surface area contributed by atoms with Crippen molar-refractivity contribution in [1.82, 2.24) is 0 Å². The summed E-state index contributed by atoms with van der Waals surface area (Å²) < 4.78 is 25.8. The number of hydrogen-bond acceptors (Lipinski definition) is 9. The Morgan fingerprint density at radius 2 is 1.32 bits per heavy atom. The molecule has 1 aliphatic rings. The van der Waals surface area contributed by atoms with Crippen LogP contribution in [0.5, 0.6) is 0 Å². The number of aliphatic hydroxyl groups is 3. The minimum atomic E-state index is -1.73. The topological polar surface area (TPSA) is 124 Å². The van der Waals surface area contributed by atoms with E-state index in [9.17, 15) is 20.1 Å². The lowest BCUT2D eigenvalue weighted by Gasteiger charge is -2.20. The molecule has 0 bridgehead atoms. The van der Waals surface area contributed by atoms with Crippen molar-refractivity contribution in [2.45, 2.75) is 142 Å². The molecule has 0 radical (unpaired) electrons. The molecule has 1 aliphatic heterocycles. The van der Waals surface area contributed by atoms with Crippen LogP contribution in [0.2, 0.25) is 0 Å². The molecule has 1 saturated heterocycles. The Bertz CT molecular complexity index is 579. The molecule has 40 heavy (non-hydrogen) atoms. The molecule has 1 fully saturated rings. The largest absolute Gasteiger partial charge is 0.484 e. The van der Waals surface area contributed by atoms with Gasteiger partial charge in [-0.3, -0.25) is 4.79 Å². The highest BCUT2D eigenvalue weighted by atomic mass is 28.3. The third kappa shape index (κ3) is 21.8. The van der Waals surface area contributed by atoms with Gasteiger partial charge in [0, 0.05) is 26.2 Å². The van der Waals surface area contributed by atoms with Crippen molar-refractivity contribution in [1.29, 1.82) is 0 Å². The fraction of sp³-hybridized carbons (Fsp3) is 0.900. The van der Waals surface area contributed by atoms with Crippen molar-refractivity contribution < 1.29 is 42.9 Å². The molecular weight excluding hydrogens is 532 g/mol. The van der Waals surface area contributed by atoms with Gasteiger partial charge in [0.2, 0.25) is 0 Å². The molecule has 0 spiro atoms. The van der Waals surface area contributed by atoms with E-state index in [1.807, 2.05) is 20.8 Å². The van der Waals surface area contributed by atoms with Gasteiger partial charge in [-0.2, -0.15) is 0 Å². The highest BCUT2D eigenvalue weighted by Crippen LogP contribution is 2.18. The normalized spacial score (nSPS) is 19.6. The standard InChI is InChI=1S/C24H44O6.C6H16O3Si/c1-2-3-4-5-6-7-8-9-10-11-12-13-14-15-16-17-22(27)29-19-21(26)24-23(28)20(25)18-30-24;1-4-7-10(8-5-2)9-6-3/h9-10,20-21,23-26,28H,2-8,11-19H2,1H3;10H,4-6H2,1-3H3/b10-9-;/t20-,21+,23+,24+;/m0./s1. The quantitative estimate of drug-likeness (QED) is 0.0624. The van der Waals surface area contributed by atoms with Gasteiger partial charge in [-0.25, -0.2) is 0 Å². The zero-order chi connectivity index (χ0) is 29.8. The minimum Gasteiger partial charge on any atom is -0.463 e. The number of esters is 1. The Kier molecular flexibility index (Phi) is 27.7. The summed E-state index contributed by atoms with van der Waals surface area (Å²) in [5.74, 6) is -0.347. The molecule has 4 atom stereocenters. The van der Waals surface area contributed by atoms with Gasteiger partial charge < -0.3 is 38.1 Å². The van der Waals surface area contributed by atoms with Gasteiger partial charge in [0.25, 0.3) is 0 Å². The maximum Gasteiger partial charge on any atom is 0.484 e. The molecule has 10 heteroatoms. The zero-order valence-electron chi connectivity index (χ0n) is 25.8. The number of carbonyl (C=O) groups is 1. The molecule has 3 N–H and O–H groups in total. The third-order valence-electron chi connectivity index (χ3n) is 6.54. The van der Waals surface area contributed by atoms with Crippen molar-refractivity contribution in [2.24, 2.45) is 0 Å². The summed E-state index contributed by atoms with van der Waals surface area (Å²) >= 11 is 0. The second kappa shape index (κ2) is 28.3. The van der Waals surface area contributed by atoms with Crippen LogP contribution in [0, 0.1) is 0 Å². The van der Waals surface area contributed by atoms with Crippen molar-refractivity contribution in [2.75, 3.05) is 33.0 Å². The number of unbranched alkanes of at least 4 members (excludes halogenated alkanes) is 11. The molecule has 0 aromatic rings. The third-order valence-corrected chi connectivity index (χ3v) is 8.35. The number of hydrogen-bond donors (Lipinski definition) is 3. The summed E-state index contributed by atoms with van der Waals surface area (Å²) in [4.78, 5) is 11.7. The van der Waals surface area contributed by atoms with Gasteiger partial charge in [0.15, 0.2) is 0 Å². The van der Waals surface area contributed by atoms with E-state index in [4.69, 9.17) is 22.8 Å². The lowest BCUT2D eigenvalue weighted by Crippen LogP contribution is -2.41. The second-order valence-electron chi connectivity index (χ2n) is 10.1. The highest BCUT2D eigenvalue weighted by molar-refractivity contribution is 6.36. The summed E-state index contributed by atoms with van der Waals surface area (Å²) in [6.07, 6.45) is 16.5. The average molecular weight is 593 g/mol. The van der Waals surface area contributed by atoms with Crippen LogP contribution < -0.4 is 0 Å². The van der Waals surface area contributed by atoms with Gasteiger partial charge >= 0.3 is 15.5 Å². The number of rotatable bonds is 24. The molecule has 0 aliphatic carbocycles. The summed E-state index contributed by atoms with van der Waals surface area (Å²) in [5.41, 5.74) is 0. The molecule has 1 heterocycles. The second-order valence-corrected chi connectivity index (χ2v) is 11.7. The van der Waals surface area contributed by atoms with E-state index in [1.54, 1.807) is 0 Å². The molecule has 238 valence electrons. The Hall–Kier alpha value is -0.853. The van der Waals surface area contributed by atoms with E-state index in [0.717, 1.165) is 25.7 Å². The van der Waals surface area contributed by atoms with Crippen LogP contribution in [-0.4, -0.2) is 88.3 Å². The van der Waals surface area contributed by atoms with Crippen LogP contribution in [0.3, 0.4) is 0 Å². The van der Waals surface area contributed by atoms with Gasteiger partial charge in [-0.05, 0) is 52.9 Å². The van der Waals surface area contributed by atoms with Crippen LogP contribution in [0.25, 0.3) is 0 Å². The maximum absolute atomic E-state index is 11.7. The van der Waals surface area contributed by atoms with Gasteiger partial charge in [0.05, 0.1) is 6.61 Å². The van der Waals surface area contributed by atoms with Gasteiger partial charge in [0.1, 0.15) is 31.0 Å². The van der Waals surface area contributed by atoms with E-state index in [0.29, 0.717) is 26.2 Å². The van der Waals surface area contributed by atoms with Crippen molar-refractivity contribution >= 4 is 15.5 Å². The first kappa shape index (κ1) is 39.1. The summed E-state index contributed by atoms with van der Waals surface area (Å²) in [6, 6.07) is 0. The summed E-state index contributed by atoms with van der Waals surface area (Å²) in [7, 11) is -1.73. The average Bonchev–Trinajstić information content (AvgIpc) is 3.28. The first-order valence-electron chi connectivity index (χ1n) is 15.7. The molecule has 0 aromatic carbocycles. The lowest BCUT2D eigenvalue weighted by atomic mass is 10.1. The van der Waals surface area contributed by atoms with Gasteiger partial charge in [-0.15, -0.1) is 0 Å². The SMILES string of the molecule is CCCCCCCC/C=C\CCCCCCCC(=O)OC[C@@H](O)[C@H]1OC[C@H](O)[C@H]1O.CCO[SiH](OCC)OCC. The molecule has 0 amide bonds. The van der Waals surface area contributed by atoms with Crippen LogP contribution in [0.1, 0.15) is 118 Å². The van der Waals surface area contributed by atoms with E-state index in [-0.39, 0.29) is 19.2 Å². The predicted octanol–water partition coefficient (Wildman–Crippen LogP) is 4.86. The number of aliphatic hydroxyl groups excluding tert-OH is 3. The molecular formula is C30H60O9Si. The Labute approximate surface area is 245 Å². The fourth-order valence-electron chi connectivity index (χ4n) is 4.20. The van der Waals surface area contributed by atoms with Gasteiger partial charge in [-0.1, -0.05) is 70.4 Å². The van der Waals surface area contributed by atoms with Crippen molar-refractivity contribution in [3.05, 3.63) is 12.2 Å². The van der Waals surface area contributed by atoms with Crippen molar-refractivity contribution in [3.8, 4) is 0 Å². The maximum atomic E-state index is 11.7. The van der Waals surface area contributed by atoms with Crippen LogP contribution in [0.15, 0.2) is 12.2 Å². The van der Waals surface area contributed by atoms with E-state index in [1.165, 1.54) is 57.8 Å². The predicted molar refractivity (Wildman–Crippen MR) is 160 cm³/mol. The summed E-state index contributed by atoms with van der Waals surface area (Å²) in [6.45, 7) is 9.86. The zero-order valence-corrected chi connectivity index (χ0v) is 26.9. The monoisotopic (exact) mass is 592 g/mol. The summed E-state index contributed by atoms with van der Waals surface area (Å²) in [5, 5.41) is 29.0. The highest BCUT2D eigenvalue weighted by Gasteiger charge is 2.39. The fourth-order valence-corrected chi connectivity index (χ4v) is 5.31. The molecule has 1 rings (SSSR count). The van der Waals surface area contributed by atoms with Crippen LogP contribution >= 0.6 is 0 Å². The molecule has 9 nitrogen and oxygen atoms in total. The number of ether oxygens (including phenoxy) is 2. The molecule has 0 saturated carbocycles. The Morgan fingerprint density at radius 1 is 0.825 bits per heavy atom.